The number of imide groups is 1. The average Bonchev–Trinajstić information content (AvgIpc) is 2.18. The van der Waals surface area contributed by atoms with E-state index in [2.05, 4.69) is 5.32 Å². The summed E-state index contributed by atoms with van der Waals surface area (Å²) < 4.78 is 0. The standard InChI is InChI=1S/C9H17N3O4/c1-3-9(4-2,7(14)15)11-5-6(13)12-8(10)16/h11H,3-5H2,1-2H3,(H,14,15)(H3,10,12,13,16). The SMILES string of the molecule is CCC(CC)(NCC(=O)NC(N)=O)C(=O)O. The highest BCUT2D eigenvalue weighted by atomic mass is 16.4. The molecule has 92 valence electrons. The van der Waals surface area contributed by atoms with Crippen LogP contribution in [-0.4, -0.2) is 35.1 Å². The van der Waals surface area contributed by atoms with Crippen molar-refractivity contribution in [1.29, 1.82) is 0 Å². The van der Waals surface area contributed by atoms with Gasteiger partial charge in [-0.05, 0) is 12.8 Å². The molecular formula is C9H17N3O4. The number of aliphatic carboxylic acids is 1. The second-order valence-corrected chi connectivity index (χ2v) is 3.36. The highest BCUT2D eigenvalue weighted by Crippen LogP contribution is 2.14. The van der Waals surface area contributed by atoms with E-state index < -0.39 is 23.4 Å². The molecule has 7 nitrogen and oxygen atoms in total. The Bertz CT molecular complexity index is 286. The summed E-state index contributed by atoms with van der Waals surface area (Å²) in [7, 11) is 0. The van der Waals surface area contributed by atoms with Gasteiger partial charge in [0.05, 0.1) is 6.54 Å². The number of primary amides is 1. The van der Waals surface area contributed by atoms with Gasteiger partial charge in [-0.25, -0.2) is 4.79 Å². The van der Waals surface area contributed by atoms with Crippen LogP contribution in [0.2, 0.25) is 0 Å². The van der Waals surface area contributed by atoms with Crippen molar-refractivity contribution in [1.82, 2.24) is 10.6 Å². The Labute approximate surface area is 93.4 Å². The predicted molar refractivity (Wildman–Crippen MR) is 56.7 cm³/mol. The molecule has 0 saturated carbocycles. The molecule has 0 radical (unpaired) electrons. The van der Waals surface area contributed by atoms with E-state index in [0.717, 1.165) is 0 Å². The number of nitrogens with two attached hydrogens (primary N) is 1. The quantitative estimate of drug-likeness (QED) is 0.487. The Kier molecular flexibility index (Phi) is 5.44. The molecule has 0 atom stereocenters. The molecule has 0 heterocycles. The lowest BCUT2D eigenvalue weighted by Gasteiger charge is -2.27. The molecular weight excluding hydrogens is 214 g/mol. The minimum atomic E-state index is -1.14. The van der Waals surface area contributed by atoms with Crippen LogP contribution in [0.1, 0.15) is 26.7 Å². The molecule has 0 spiro atoms. The molecule has 0 bridgehead atoms. The maximum absolute atomic E-state index is 11.1. The van der Waals surface area contributed by atoms with Crippen LogP contribution < -0.4 is 16.4 Å². The fourth-order valence-corrected chi connectivity index (χ4v) is 1.31. The maximum atomic E-state index is 11.1. The third-order valence-electron chi connectivity index (χ3n) is 2.47. The second-order valence-electron chi connectivity index (χ2n) is 3.36. The zero-order chi connectivity index (χ0) is 12.8. The lowest BCUT2D eigenvalue weighted by Crippen LogP contribution is -2.54. The first-order valence-electron chi connectivity index (χ1n) is 4.95. The number of nitrogens with one attached hydrogen (secondary N) is 2. The van der Waals surface area contributed by atoms with E-state index in [1.54, 1.807) is 13.8 Å². The second kappa shape index (κ2) is 6.06. The summed E-state index contributed by atoms with van der Waals surface area (Å²) in [4.78, 5) is 32.5. The molecule has 16 heavy (non-hydrogen) atoms. The molecule has 0 aromatic carbocycles. The maximum Gasteiger partial charge on any atom is 0.323 e. The summed E-state index contributed by atoms with van der Waals surface area (Å²) in [6, 6.07) is -0.958. The highest BCUT2D eigenvalue weighted by Gasteiger charge is 2.34. The monoisotopic (exact) mass is 231 g/mol. The van der Waals surface area contributed by atoms with Gasteiger partial charge in [-0.2, -0.15) is 0 Å². The van der Waals surface area contributed by atoms with E-state index in [1.807, 2.05) is 5.32 Å². The van der Waals surface area contributed by atoms with Gasteiger partial charge in [0, 0.05) is 0 Å². The Hall–Kier alpha value is -1.63. The largest absolute Gasteiger partial charge is 0.480 e. The van der Waals surface area contributed by atoms with Gasteiger partial charge in [-0.1, -0.05) is 13.8 Å². The Morgan fingerprint density at radius 3 is 2.06 bits per heavy atom. The summed E-state index contributed by atoms with van der Waals surface area (Å²) in [5.74, 6) is -1.68. The van der Waals surface area contributed by atoms with Crippen molar-refractivity contribution in [2.75, 3.05) is 6.54 Å². The molecule has 0 saturated heterocycles. The van der Waals surface area contributed by atoms with E-state index in [4.69, 9.17) is 10.8 Å². The minimum Gasteiger partial charge on any atom is -0.480 e. The van der Waals surface area contributed by atoms with Crippen molar-refractivity contribution >= 4 is 17.9 Å². The molecule has 0 aliphatic carbocycles. The number of hydrogen-bond acceptors (Lipinski definition) is 4. The molecule has 0 aliphatic rings. The lowest BCUT2D eigenvalue weighted by atomic mass is 9.93. The van der Waals surface area contributed by atoms with E-state index in [9.17, 15) is 14.4 Å². The zero-order valence-corrected chi connectivity index (χ0v) is 9.37. The van der Waals surface area contributed by atoms with E-state index >= 15 is 0 Å². The van der Waals surface area contributed by atoms with Gasteiger partial charge in [0.25, 0.3) is 0 Å². The number of carbonyl (C=O) groups excluding carboxylic acids is 2. The third kappa shape index (κ3) is 3.85. The highest BCUT2D eigenvalue weighted by molar-refractivity contribution is 5.94. The molecule has 7 heteroatoms. The average molecular weight is 231 g/mol. The fourth-order valence-electron chi connectivity index (χ4n) is 1.31. The molecule has 0 aromatic heterocycles. The van der Waals surface area contributed by atoms with Crippen molar-refractivity contribution in [3.8, 4) is 0 Å². The van der Waals surface area contributed by atoms with Gasteiger partial charge >= 0.3 is 12.0 Å². The van der Waals surface area contributed by atoms with Crippen LogP contribution in [0.4, 0.5) is 4.79 Å². The molecule has 0 aromatic rings. The normalized spacial score (nSPS) is 10.9. The zero-order valence-electron chi connectivity index (χ0n) is 9.37. The van der Waals surface area contributed by atoms with Crippen LogP contribution >= 0.6 is 0 Å². The Balaban J connectivity index is 4.38. The minimum absolute atomic E-state index is 0.267. The van der Waals surface area contributed by atoms with Gasteiger partial charge < -0.3 is 10.8 Å². The number of rotatable bonds is 6. The van der Waals surface area contributed by atoms with Crippen LogP contribution in [0.5, 0.6) is 0 Å². The van der Waals surface area contributed by atoms with Gasteiger partial charge in [0.1, 0.15) is 5.54 Å². The molecule has 3 amide bonds. The number of amides is 3. The van der Waals surface area contributed by atoms with E-state index in [1.165, 1.54) is 0 Å². The van der Waals surface area contributed by atoms with Gasteiger partial charge in [0.15, 0.2) is 0 Å². The molecule has 0 unspecified atom stereocenters. The van der Waals surface area contributed by atoms with E-state index in [-0.39, 0.29) is 6.54 Å². The first-order chi connectivity index (χ1) is 7.38. The molecule has 5 N–H and O–H groups in total. The van der Waals surface area contributed by atoms with Crippen LogP contribution in [-0.2, 0) is 9.59 Å². The van der Waals surface area contributed by atoms with E-state index in [0.29, 0.717) is 12.8 Å². The number of carboxylic acids is 1. The number of carbonyl (C=O) groups is 3. The van der Waals surface area contributed by atoms with Crippen molar-refractivity contribution in [3.05, 3.63) is 0 Å². The molecule has 0 rings (SSSR count). The van der Waals surface area contributed by atoms with Gasteiger partial charge in [0.2, 0.25) is 5.91 Å². The summed E-state index contributed by atoms with van der Waals surface area (Å²) in [6.07, 6.45) is 0.672. The van der Waals surface area contributed by atoms with Crippen LogP contribution in [0.25, 0.3) is 0 Å². The molecule has 0 fully saturated rings. The Morgan fingerprint density at radius 1 is 1.25 bits per heavy atom. The summed E-state index contributed by atoms with van der Waals surface area (Å²) in [5, 5.41) is 13.5. The number of carboxylic acid groups (broad SMARTS) is 1. The van der Waals surface area contributed by atoms with Crippen molar-refractivity contribution in [3.63, 3.8) is 0 Å². The van der Waals surface area contributed by atoms with Crippen molar-refractivity contribution in [2.45, 2.75) is 32.2 Å². The number of urea groups is 1. The van der Waals surface area contributed by atoms with Crippen LogP contribution in [0, 0.1) is 0 Å². The van der Waals surface area contributed by atoms with Crippen LogP contribution in [0.3, 0.4) is 0 Å². The smallest absolute Gasteiger partial charge is 0.323 e. The van der Waals surface area contributed by atoms with Crippen LogP contribution in [0.15, 0.2) is 0 Å². The van der Waals surface area contributed by atoms with Crippen molar-refractivity contribution < 1.29 is 19.5 Å². The third-order valence-corrected chi connectivity index (χ3v) is 2.47. The summed E-state index contributed by atoms with van der Waals surface area (Å²) in [5.41, 5.74) is 3.60. The first kappa shape index (κ1) is 14.4. The summed E-state index contributed by atoms with van der Waals surface area (Å²) in [6.45, 7) is 3.14. The predicted octanol–water partition coefficient (Wildman–Crippen LogP) is -0.586. The van der Waals surface area contributed by atoms with Gasteiger partial charge in [-0.3, -0.25) is 20.2 Å². The molecule has 0 aliphatic heterocycles. The van der Waals surface area contributed by atoms with Gasteiger partial charge in [-0.15, -0.1) is 0 Å². The topological polar surface area (TPSA) is 122 Å². The first-order valence-corrected chi connectivity index (χ1v) is 4.95. The Morgan fingerprint density at radius 2 is 1.75 bits per heavy atom. The fraction of sp³-hybridized carbons (Fsp3) is 0.667. The van der Waals surface area contributed by atoms with Crippen molar-refractivity contribution in [2.24, 2.45) is 5.73 Å². The number of hydrogen-bond donors (Lipinski definition) is 4. The summed E-state index contributed by atoms with van der Waals surface area (Å²) >= 11 is 0. The lowest BCUT2D eigenvalue weighted by molar-refractivity contribution is -0.145.